The van der Waals surface area contributed by atoms with E-state index in [1.807, 2.05) is 0 Å². The Balaban J connectivity index is -0.0000000267. The minimum atomic E-state index is -7.17. The molecule has 0 aromatic rings. The monoisotopic (exact) mass is 314 g/mol. The van der Waals surface area contributed by atoms with Crippen LogP contribution in [0.3, 0.4) is 0 Å². The van der Waals surface area contributed by atoms with Crippen LogP contribution in [0.2, 0.25) is 0 Å². The molecule has 0 aliphatic heterocycles. The number of halogens is 4. The summed E-state index contributed by atoms with van der Waals surface area (Å²) in [6, 6.07) is 0. The van der Waals surface area contributed by atoms with Crippen molar-refractivity contribution >= 4 is 0 Å². The molecule has 0 aliphatic rings. The van der Waals surface area contributed by atoms with Crippen LogP contribution >= 0.6 is 0 Å². The van der Waals surface area contributed by atoms with Gasteiger partial charge in [-0.2, -0.15) is 0 Å². The third-order valence-corrected chi connectivity index (χ3v) is 0. The van der Waals surface area contributed by atoms with Crippen LogP contribution in [0.1, 0.15) is 0 Å². The molecule has 0 saturated heterocycles. The maximum atomic E-state index is 9.90. The molecule has 0 aromatic heterocycles. The third-order valence-electron chi connectivity index (χ3n) is 0. The molecule has 0 aromatic carbocycles. The molecule has 0 unspecified atom stereocenters. The fourth-order valence-corrected chi connectivity index (χ4v) is 0. The Morgan fingerprint density at radius 3 is 0.625 bits per heavy atom. The molecule has 58 valence electrons. The summed E-state index contributed by atoms with van der Waals surface area (Å²) >= 11 is -7.17. The van der Waals surface area contributed by atoms with Crippen LogP contribution in [0.5, 0.6) is 0 Å². The van der Waals surface area contributed by atoms with E-state index in [1.54, 1.807) is 0 Å². The summed E-state index contributed by atoms with van der Waals surface area (Å²) in [6.45, 7) is 0. The summed E-state index contributed by atoms with van der Waals surface area (Å²) in [4.78, 5) is 0. The molecule has 0 atom stereocenters. The van der Waals surface area contributed by atoms with Gasteiger partial charge in [0, 0.05) is 0 Å². The molecule has 3 nitrogen and oxygen atoms in total. The number of hydrogen-bond acceptors (Lipinski definition) is 0. The fourth-order valence-electron chi connectivity index (χ4n) is 0. The first kappa shape index (κ1) is 23.9. The van der Waals surface area contributed by atoms with E-state index in [1.165, 1.54) is 0 Å². The molecule has 8 heteroatoms. The Morgan fingerprint density at radius 1 is 0.625 bits per heavy atom. The third kappa shape index (κ3) is 2120. The Bertz CT molecular complexity index is 26.8. The van der Waals surface area contributed by atoms with Crippen LogP contribution in [0.4, 0.5) is 12.6 Å². The van der Waals surface area contributed by atoms with Crippen LogP contribution in [0.25, 0.3) is 0 Å². The molecule has 6 N–H and O–H groups in total. The van der Waals surface area contributed by atoms with Crippen molar-refractivity contribution in [1.82, 2.24) is 0 Å². The van der Waals surface area contributed by atoms with Crippen molar-refractivity contribution in [1.29, 1.82) is 0 Å². The van der Waals surface area contributed by atoms with Gasteiger partial charge in [0.25, 0.3) is 0 Å². The van der Waals surface area contributed by atoms with Crippen molar-refractivity contribution in [3.8, 4) is 0 Å². The van der Waals surface area contributed by atoms with Crippen molar-refractivity contribution in [2.45, 2.75) is 0 Å². The second-order valence-corrected chi connectivity index (χ2v) is 2.86. The SMILES string of the molecule is O.O.O.[F][W]([F])([F])[F]. The van der Waals surface area contributed by atoms with Gasteiger partial charge < -0.3 is 16.4 Å². The standard InChI is InChI=1S/4FH.3H2O.W/h4*1H;3*1H2;/q;;;;;;;+4/p-4. The molecule has 0 radical (unpaired) electrons. The van der Waals surface area contributed by atoms with Crippen molar-refractivity contribution in [3.05, 3.63) is 0 Å². The molecule has 0 fully saturated rings. The van der Waals surface area contributed by atoms with E-state index in [0.29, 0.717) is 0 Å². The van der Waals surface area contributed by atoms with Gasteiger partial charge in [-0.15, -0.1) is 0 Å². The van der Waals surface area contributed by atoms with E-state index < -0.39 is 18.2 Å². The van der Waals surface area contributed by atoms with E-state index in [2.05, 4.69) is 0 Å². The van der Waals surface area contributed by atoms with E-state index in [9.17, 15) is 12.6 Å². The maximum absolute atomic E-state index is 9.90. The molecular weight excluding hydrogens is 308 g/mol. The summed E-state index contributed by atoms with van der Waals surface area (Å²) in [5.74, 6) is 0. The van der Waals surface area contributed by atoms with Crippen LogP contribution in [0, 0.1) is 0 Å². The quantitative estimate of drug-likeness (QED) is 0.524. The van der Waals surface area contributed by atoms with Crippen molar-refractivity contribution in [2.24, 2.45) is 0 Å². The summed E-state index contributed by atoms with van der Waals surface area (Å²) in [7, 11) is 0. The summed E-state index contributed by atoms with van der Waals surface area (Å²) in [5, 5.41) is 0. The van der Waals surface area contributed by atoms with Gasteiger partial charge in [0.15, 0.2) is 0 Å². The normalized spacial score (nSPS) is 9.50. The van der Waals surface area contributed by atoms with E-state index in [0.717, 1.165) is 0 Å². The van der Waals surface area contributed by atoms with Crippen LogP contribution in [0.15, 0.2) is 0 Å². The summed E-state index contributed by atoms with van der Waals surface area (Å²) in [6.07, 6.45) is 0. The van der Waals surface area contributed by atoms with Crippen molar-refractivity contribution in [3.63, 3.8) is 0 Å². The molecular formula is H6F4O3W. The van der Waals surface area contributed by atoms with Crippen LogP contribution in [-0.2, 0) is 18.2 Å². The molecule has 0 aliphatic carbocycles. The molecule has 0 spiro atoms. The summed E-state index contributed by atoms with van der Waals surface area (Å²) in [5.41, 5.74) is 0. The van der Waals surface area contributed by atoms with Gasteiger partial charge >= 0.3 is 30.8 Å². The zero-order valence-electron chi connectivity index (χ0n) is 3.42. The predicted molar refractivity (Wildman–Crippen MR) is 15.3 cm³/mol. The average molecular weight is 314 g/mol. The van der Waals surface area contributed by atoms with Gasteiger partial charge in [-0.25, -0.2) is 0 Å². The summed E-state index contributed by atoms with van der Waals surface area (Å²) < 4.78 is 39.6. The first-order chi connectivity index (χ1) is 2.00. The molecule has 0 heterocycles. The topological polar surface area (TPSA) is 94.5 Å². The first-order valence-electron chi connectivity index (χ1n) is 0.617. The van der Waals surface area contributed by atoms with Gasteiger partial charge in [-0.1, -0.05) is 0 Å². The predicted octanol–water partition coefficient (Wildman–Crippen LogP) is -0.796. The zero-order chi connectivity index (χ0) is 4.50. The Hall–Kier alpha value is 0.288. The van der Waals surface area contributed by atoms with Gasteiger partial charge in [-0.3, -0.25) is 0 Å². The Kier molecular flexibility index (Phi) is 21.8. The Labute approximate surface area is 48.0 Å². The minimum absolute atomic E-state index is 0. The Morgan fingerprint density at radius 2 is 0.625 bits per heavy atom. The van der Waals surface area contributed by atoms with Crippen molar-refractivity contribution in [2.75, 3.05) is 0 Å². The zero-order valence-corrected chi connectivity index (χ0v) is 6.35. The van der Waals surface area contributed by atoms with Crippen molar-refractivity contribution < 1.29 is 47.2 Å². The molecule has 0 amide bonds. The molecule has 0 bridgehead atoms. The van der Waals surface area contributed by atoms with E-state index >= 15 is 0 Å². The van der Waals surface area contributed by atoms with Crippen LogP contribution in [-0.4, -0.2) is 16.4 Å². The van der Waals surface area contributed by atoms with Gasteiger partial charge in [0.2, 0.25) is 0 Å². The number of hydrogen-bond donors (Lipinski definition) is 0. The van der Waals surface area contributed by atoms with Gasteiger partial charge in [-0.05, 0) is 0 Å². The van der Waals surface area contributed by atoms with Gasteiger partial charge in [0.1, 0.15) is 0 Å². The van der Waals surface area contributed by atoms with Gasteiger partial charge in [0.05, 0.1) is 0 Å². The fraction of sp³-hybridized carbons (Fsp3) is 0. The average Bonchev–Trinajstić information content (AvgIpc) is 0.722. The first-order valence-corrected chi connectivity index (χ1v) is 5.05. The van der Waals surface area contributed by atoms with Crippen LogP contribution < -0.4 is 0 Å². The molecule has 0 saturated carbocycles. The molecule has 8 heavy (non-hydrogen) atoms. The number of rotatable bonds is 0. The second-order valence-electron chi connectivity index (χ2n) is 0.350. The second kappa shape index (κ2) is 7.29. The van der Waals surface area contributed by atoms with E-state index in [4.69, 9.17) is 0 Å². The molecule has 0 rings (SSSR count). The van der Waals surface area contributed by atoms with E-state index in [-0.39, 0.29) is 16.4 Å².